The van der Waals surface area contributed by atoms with Crippen LogP contribution in [0, 0.1) is 13.8 Å². The second-order valence-corrected chi connectivity index (χ2v) is 8.93. The molecule has 1 aliphatic rings. The first-order chi connectivity index (χ1) is 13.2. The molecule has 2 aromatic heterocycles. The van der Waals surface area contributed by atoms with Crippen LogP contribution in [-0.4, -0.2) is 65.9 Å². The van der Waals surface area contributed by atoms with Gasteiger partial charge in [-0.2, -0.15) is 4.31 Å². The molecule has 1 saturated heterocycles. The zero-order valence-electron chi connectivity index (χ0n) is 15.8. The number of piperazine rings is 1. The molecule has 0 saturated carbocycles. The molecule has 1 atom stereocenters. The number of carbonyl (C=O) groups excluding carboxylic acids is 1. The number of halogens is 1. The average Bonchev–Trinajstić information content (AvgIpc) is 3.02. The number of rotatable bonds is 5. The second kappa shape index (κ2) is 8.16. The third-order valence-electron chi connectivity index (χ3n) is 4.74. The third-order valence-corrected chi connectivity index (χ3v) is 7.11. The topological polar surface area (TPSA) is 109 Å². The van der Waals surface area contributed by atoms with Crippen LogP contribution in [0.1, 0.15) is 18.4 Å². The van der Waals surface area contributed by atoms with Crippen molar-refractivity contribution < 1.29 is 17.7 Å². The first-order valence-corrected chi connectivity index (χ1v) is 10.6. The van der Waals surface area contributed by atoms with E-state index in [9.17, 15) is 13.2 Å². The van der Waals surface area contributed by atoms with E-state index >= 15 is 0 Å². The number of anilines is 1. The van der Waals surface area contributed by atoms with Crippen molar-refractivity contribution in [2.45, 2.75) is 31.7 Å². The van der Waals surface area contributed by atoms with E-state index in [0.29, 0.717) is 29.6 Å². The minimum atomic E-state index is -3.67. The maximum Gasteiger partial charge on any atom is 0.248 e. The molecule has 0 bridgehead atoms. The lowest BCUT2D eigenvalue weighted by atomic mass is 10.2. The lowest BCUT2D eigenvalue weighted by Crippen LogP contribution is -2.54. The maximum absolute atomic E-state index is 12.9. The van der Waals surface area contributed by atoms with Crippen molar-refractivity contribution in [2.24, 2.45) is 0 Å². The highest BCUT2D eigenvalue weighted by molar-refractivity contribution is 7.89. The van der Waals surface area contributed by atoms with Gasteiger partial charge < -0.3 is 9.84 Å². The Morgan fingerprint density at radius 1 is 1.25 bits per heavy atom. The van der Waals surface area contributed by atoms with Crippen molar-refractivity contribution in [1.82, 2.24) is 19.3 Å². The van der Waals surface area contributed by atoms with Gasteiger partial charge in [0.15, 0.2) is 5.76 Å². The number of amides is 1. The Balaban J connectivity index is 1.61. The molecule has 28 heavy (non-hydrogen) atoms. The van der Waals surface area contributed by atoms with E-state index in [0.717, 1.165) is 0 Å². The number of carbonyl (C=O) groups is 1. The Morgan fingerprint density at radius 3 is 2.46 bits per heavy atom. The van der Waals surface area contributed by atoms with Crippen LogP contribution >= 0.6 is 11.6 Å². The molecule has 0 aliphatic carbocycles. The fourth-order valence-electron chi connectivity index (χ4n) is 3.15. The summed E-state index contributed by atoms with van der Waals surface area (Å²) in [5, 5.41) is 6.96. The summed E-state index contributed by atoms with van der Waals surface area (Å²) in [7, 11) is -3.67. The van der Waals surface area contributed by atoms with Gasteiger partial charge >= 0.3 is 0 Å². The van der Waals surface area contributed by atoms with Gasteiger partial charge in [0, 0.05) is 32.4 Å². The lowest BCUT2D eigenvalue weighted by molar-refractivity contribution is -0.121. The summed E-state index contributed by atoms with van der Waals surface area (Å²) in [5.41, 5.74) is 0.350. The van der Waals surface area contributed by atoms with Crippen LogP contribution < -0.4 is 5.32 Å². The summed E-state index contributed by atoms with van der Waals surface area (Å²) in [6.45, 7) is 6.41. The van der Waals surface area contributed by atoms with Gasteiger partial charge in [0.25, 0.3) is 0 Å². The summed E-state index contributed by atoms with van der Waals surface area (Å²) in [5.74, 6) is 0.487. The Bertz CT molecular complexity index is 933. The molecule has 1 aliphatic heterocycles. The van der Waals surface area contributed by atoms with Gasteiger partial charge in [0.05, 0.1) is 11.1 Å². The Morgan fingerprint density at radius 2 is 1.93 bits per heavy atom. The first-order valence-electron chi connectivity index (χ1n) is 8.79. The Kier molecular flexibility index (Phi) is 6.04. The van der Waals surface area contributed by atoms with Crippen LogP contribution in [-0.2, 0) is 14.8 Å². The fraction of sp³-hybridized carbons (Fsp3) is 0.471. The van der Waals surface area contributed by atoms with E-state index in [1.54, 1.807) is 32.9 Å². The molecule has 0 aromatic carbocycles. The van der Waals surface area contributed by atoms with Crippen LogP contribution in [0.15, 0.2) is 27.7 Å². The van der Waals surface area contributed by atoms with Crippen molar-refractivity contribution in [3.63, 3.8) is 0 Å². The normalized spacial score (nSPS) is 17.4. The predicted octanol–water partition coefficient (Wildman–Crippen LogP) is 1.67. The summed E-state index contributed by atoms with van der Waals surface area (Å²) in [6.07, 6.45) is 1.46. The molecular weight excluding hydrogens is 406 g/mol. The molecule has 0 spiro atoms. The molecule has 9 nitrogen and oxygen atoms in total. The highest BCUT2D eigenvalue weighted by atomic mass is 35.5. The summed E-state index contributed by atoms with van der Waals surface area (Å²) in [6, 6.07) is 2.84. The smallest absolute Gasteiger partial charge is 0.248 e. The van der Waals surface area contributed by atoms with E-state index in [4.69, 9.17) is 16.1 Å². The van der Waals surface area contributed by atoms with E-state index in [2.05, 4.69) is 15.5 Å². The van der Waals surface area contributed by atoms with Crippen LogP contribution in [0.25, 0.3) is 0 Å². The SMILES string of the molecule is Cc1noc(C)c1S(=O)(=O)N1CCN([C@H](C)C(=O)Nc2ccc(Cl)cn2)CC1. The largest absolute Gasteiger partial charge is 0.360 e. The molecule has 152 valence electrons. The number of nitrogens with one attached hydrogen (secondary N) is 1. The highest BCUT2D eigenvalue weighted by Gasteiger charge is 2.35. The molecule has 1 fully saturated rings. The Hall–Kier alpha value is -2.01. The maximum atomic E-state index is 12.9. The molecule has 3 heterocycles. The van der Waals surface area contributed by atoms with Gasteiger partial charge in [-0.25, -0.2) is 13.4 Å². The summed E-state index contributed by atoms with van der Waals surface area (Å²) < 4.78 is 32.2. The quantitative estimate of drug-likeness (QED) is 0.772. The standard InChI is InChI=1S/C17H22ClN5O4S/c1-11-16(13(3)27-21-11)28(25,26)23-8-6-22(7-9-23)12(2)17(24)20-15-5-4-14(18)10-19-15/h4-5,10,12H,6-9H2,1-3H3,(H,19,20,24)/t12-/m1/s1. The zero-order chi connectivity index (χ0) is 20.5. The van der Waals surface area contributed by atoms with Crippen LogP contribution in [0.5, 0.6) is 0 Å². The number of aryl methyl sites for hydroxylation is 2. The van der Waals surface area contributed by atoms with Gasteiger partial charge in [-0.3, -0.25) is 9.69 Å². The minimum Gasteiger partial charge on any atom is -0.360 e. The monoisotopic (exact) mass is 427 g/mol. The van der Waals surface area contributed by atoms with Crippen molar-refractivity contribution >= 4 is 33.3 Å². The van der Waals surface area contributed by atoms with Crippen molar-refractivity contribution in [3.05, 3.63) is 34.8 Å². The molecule has 1 N–H and O–H groups in total. The number of sulfonamides is 1. The molecule has 0 radical (unpaired) electrons. The molecule has 3 rings (SSSR count). The van der Waals surface area contributed by atoms with E-state index in [1.165, 1.54) is 10.5 Å². The molecule has 11 heteroatoms. The van der Waals surface area contributed by atoms with E-state index in [-0.39, 0.29) is 29.7 Å². The molecular formula is C17H22ClN5O4S. The van der Waals surface area contributed by atoms with Gasteiger partial charge in [-0.15, -0.1) is 0 Å². The fourth-order valence-corrected chi connectivity index (χ4v) is 4.97. The van der Waals surface area contributed by atoms with Crippen LogP contribution in [0.3, 0.4) is 0 Å². The Labute approximate surface area is 168 Å². The minimum absolute atomic E-state index is 0.126. The molecule has 2 aromatic rings. The van der Waals surface area contributed by atoms with Gasteiger partial charge in [0.2, 0.25) is 15.9 Å². The highest BCUT2D eigenvalue weighted by Crippen LogP contribution is 2.24. The molecule has 1 amide bonds. The summed E-state index contributed by atoms with van der Waals surface area (Å²) >= 11 is 5.79. The number of aromatic nitrogens is 2. The number of hydrogen-bond acceptors (Lipinski definition) is 7. The first kappa shape index (κ1) is 20.7. The number of nitrogens with zero attached hydrogens (tertiary/aromatic N) is 4. The van der Waals surface area contributed by atoms with Crippen molar-refractivity contribution in [1.29, 1.82) is 0 Å². The van der Waals surface area contributed by atoms with Gasteiger partial charge in [-0.1, -0.05) is 16.8 Å². The van der Waals surface area contributed by atoms with E-state index in [1.807, 2.05) is 4.90 Å². The zero-order valence-corrected chi connectivity index (χ0v) is 17.4. The van der Waals surface area contributed by atoms with Crippen molar-refractivity contribution in [2.75, 3.05) is 31.5 Å². The second-order valence-electron chi connectivity index (χ2n) is 6.62. The van der Waals surface area contributed by atoms with Crippen LogP contribution in [0.2, 0.25) is 5.02 Å². The molecule has 0 unspecified atom stereocenters. The lowest BCUT2D eigenvalue weighted by Gasteiger charge is -2.36. The predicted molar refractivity (Wildman–Crippen MR) is 104 cm³/mol. The third kappa shape index (κ3) is 4.19. The van der Waals surface area contributed by atoms with Crippen molar-refractivity contribution in [3.8, 4) is 0 Å². The van der Waals surface area contributed by atoms with Gasteiger partial charge in [-0.05, 0) is 32.9 Å². The average molecular weight is 428 g/mol. The number of hydrogen-bond donors (Lipinski definition) is 1. The summed E-state index contributed by atoms with van der Waals surface area (Å²) in [4.78, 5) is 18.6. The number of pyridine rings is 1. The van der Waals surface area contributed by atoms with Crippen LogP contribution in [0.4, 0.5) is 5.82 Å². The van der Waals surface area contributed by atoms with E-state index < -0.39 is 16.1 Å². The van der Waals surface area contributed by atoms with Gasteiger partial charge in [0.1, 0.15) is 16.4 Å².